The van der Waals surface area contributed by atoms with E-state index in [-0.39, 0.29) is 16.9 Å². The standard InChI is InChI=1S/C14H15N3OS2/c1-2-11(14-16-6-7-20-14)17-13(18)10-5-3-4-9(8-10)12(15)19/h3-8,11H,2H2,1H3,(H2,15,19)(H,17,18). The Morgan fingerprint density at radius 2 is 2.25 bits per heavy atom. The number of hydrogen-bond acceptors (Lipinski definition) is 4. The third-order valence-electron chi connectivity index (χ3n) is 2.87. The zero-order valence-electron chi connectivity index (χ0n) is 11.0. The summed E-state index contributed by atoms with van der Waals surface area (Å²) in [4.78, 5) is 16.8. The predicted molar refractivity (Wildman–Crippen MR) is 84.9 cm³/mol. The molecule has 2 aromatic rings. The van der Waals surface area contributed by atoms with Crippen molar-refractivity contribution in [2.45, 2.75) is 19.4 Å². The smallest absolute Gasteiger partial charge is 0.251 e. The molecule has 1 heterocycles. The Balaban J connectivity index is 2.15. The maximum Gasteiger partial charge on any atom is 0.251 e. The molecule has 6 heteroatoms. The van der Waals surface area contributed by atoms with Gasteiger partial charge in [0.1, 0.15) is 10.00 Å². The van der Waals surface area contributed by atoms with Crippen molar-refractivity contribution in [2.24, 2.45) is 5.73 Å². The average Bonchev–Trinajstić information content (AvgIpc) is 2.98. The zero-order valence-corrected chi connectivity index (χ0v) is 12.6. The van der Waals surface area contributed by atoms with E-state index in [0.717, 1.165) is 11.4 Å². The summed E-state index contributed by atoms with van der Waals surface area (Å²) in [7, 11) is 0. The molecule has 1 aromatic carbocycles. The molecule has 104 valence electrons. The monoisotopic (exact) mass is 305 g/mol. The third kappa shape index (κ3) is 3.40. The molecule has 0 aliphatic carbocycles. The molecule has 3 N–H and O–H groups in total. The molecule has 0 fully saturated rings. The molecule has 0 aliphatic heterocycles. The fraction of sp³-hybridized carbons (Fsp3) is 0.214. The fourth-order valence-corrected chi connectivity index (χ4v) is 2.70. The molecule has 0 saturated carbocycles. The first kappa shape index (κ1) is 14.6. The number of thiocarbonyl (C=S) groups is 1. The minimum atomic E-state index is -0.148. The SMILES string of the molecule is CCC(NC(=O)c1cccc(C(N)=S)c1)c1nccs1. The lowest BCUT2D eigenvalue weighted by atomic mass is 10.1. The van der Waals surface area contributed by atoms with Crippen LogP contribution in [0.1, 0.15) is 40.3 Å². The van der Waals surface area contributed by atoms with Gasteiger partial charge in [-0.2, -0.15) is 0 Å². The lowest BCUT2D eigenvalue weighted by Crippen LogP contribution is -2.28. The Kier molecular flexibility index (Phi) is 4.81. The highest BCUT2D eigenvalue weighted by atomic mass is 32.1. The molecule has 1 aromatic heterocycles. The minimum Gasteiger partial charge on any atom is -0.389 e. The molecule has 1 amide bonds. The summed E-state index contributed by atoms with van der Waals surface area (Å²) in [5, 5.41) is 5.79. The summed E-state index contributed by atoms with van der Waals surface area (Å²) < 4.78 is 0. The van der Waals surface area contributed by atoms with E-state index in [1.54, 1.807) is 30.5 Å². The fourth-order valence-electron chi connectivity index (χ4n) is 1.80. The molecule has 1 unspecified atom stereocenters. The summed E-state index contributed by atoms with van der Waals surface area (Å²) in [5.41, 5.74) is 6.82. The van der Waals surface area contributed by atoms with Gasteiger partial charge < -0.3 is 11.1 Å². The number of carbonyl (C=O) groups is 1. The van der Waals surface area contributed by atoms with Crippen molar-refractivity contribution in [3.8, 4) is 0 Å². The van der Waals surface area contributed by atoms with Crippen molar-refractivity contribution < 1.29 is 4.79 Å². The third-order valence-corrected chi connectivity index (χ3v) is 4.00. The number of nitrogens with one attached hydrogen (secondary N) is 1. The summed E-state index contributed by atoms with van der Waals surface area (Å²) in [6.07, 6.45) is 2.52. The van der Waals surface area contributed by atoms with Crippen molar-refractivity contribution in [1.29, 1.82) is 0 Å². The molecule has 0 aliphatic rings. The molecule has 0 bridgehead atoms. The van der Waals surface area contributed by atoms with Crippen LogP contribution in [0.5, 0.6) is 0 Å². The maximum absolute atomic E-state index is 12.3. The molecule has 0 saturated heterocycles. The Hall–Kier alpha value is -1.79. The number of thiazole rings is 1. The van der Waals surface area contributed by atoms with Crippen molar-refractivity contribution >= 4 is 34.5 Å². The number of nitrogens with two attached hydrogens (primary N) is 1. The van der Waals surface area contributed by atoms with E-state index in [1.807, 2.05) is 12.3 Å². The second-order valence-corrected chi connectivity index (χ2v) is 5.62. The van der Waals surface area contributed by atoms with Crippen LogP contribution in [0.4, 0.5) is 0 Å². The van der Waals surface area contributed by atoms with Gasteiger partial charge in [0.15, 0.2) is 0 Å². The highest BCUT2D eigenvalue weighted by Crippen LogP contribution is 2.19. The van der Waals surface area contributed by atoms with Crippen LogP contribution in [0.3, 0.4) is 0 Å². The van der Waals surface area contributed by atoms with Crippen molar-refractivity contribution in [3.63, 3.8) is 0 Å². The van der Waals surface area contributed by atoms with Crippen molar-refractivity contribution in [3.05, 3.63) is 52.0 Å². The Morgan fingerprint density at radius 1 is 1.50 bits per heavy atom. The molecular formula is C14H15N3OS2. The van der Waals surface area contributed by atoms with E-state index in [2.05, 4.69) is 10.3 Å². The second-order valence-electron chi connectivity index (χ2n) is 4.25. The lowest BCUT2D eigenvalue weighted by Gasteiger charge is -2.14. The number of amides is 1. The first-order chi connectivity index (χ1) is 9.61. The number of benzene rings is 1. The van der Waals surface area contributed by atoms with Gasteiger partial charge in [0.2, 0.25) is 0 Å². The van der Waals surface area contributed by atoms with Crippen LogP contribution >= 0.6 is 23.6 Å². The number of aromatic nitrogens is 1. The van der Waals surface area contributed by atoms with E-state index < -0.39 is 0 Å². The zero-order chi connectivity index (χ0) is 14.5. The van der Waals surface area contributed by atoms with Gasteiger partial charge in [-0.05, 0) is 18.6 Å². The molecule has 4 nitrogen and oxygen atoms in total. The van der Waals surface area contributed by atoms with Gasteiger partial charge >= 0.3 is 0 Å². The number of carbonyl (C=O) groups excluding carboxylic acids is 1. The summed E-state index contributed by atoms with van der Waals surface area (Å²) in [6, 6.07) is 6.93. The van der Waals surface area contributed by atoms with Crippen LogP contribution in [-0.2, 0) is 0 Å². The van der Waals surface area contributed by atoms with Crippen LogP contribution in [0, 0.1) is 0 Å². The Morgan fingerprint density at radius 3 is 2.85 bits per heavy atom. The summed E-state index contributed by atoms with van der Waals surface area (Å²) in [5.74, 6) is -0.148. The Labute approximate surface area is 127 Å². The minimum absolute atomic E-state index is 0.0732. The molecule has 0 radical (unpaired) electrons. The molecule has 20 heavy (non-hydrogen) atoms. The molecular weight excluding hydrogens is 290 g/mol. The first-order valence-corrected chi connectivity index (χ1v) is 7.50. The highest BCUT2D eigenvalue weighted by Gasteiger charge is 2.16. The number of nitrogens with zero attached hydrogens (tertiary/aromatic N) is 1. The number of rotatable bonds is 5. The van der Waals surface area contributed by atoms with Crippen LogP contribution < -0.4 is 11.1 Å². The van der Waals surface area contributed by atoms with Gasteiger partial charge in [0.05, 0.1) is 6.04 Å². The normalized spacial score (nSPS) is 11.8. The molecule has 0 spiro atoms. The maximum atomic E-state index is 12.3. The van der Waals surface area contributed by atoms with Crippen LogP contribution in [0.2, 0.25) is 0 Å². The Bertz CT molecular complexity index is 611. The van der Waals surface area contributed by atoms with E-state index in [1.165, 1.54) is 11.3 Å². The molecule has 1 atom stereocenters. The number of hydrogen-bond donors (Lipinski definition) is 2. The average molecular weight is 305 g/mol. The van der Waals surface area contributed by atoms with Gasteiger partial charge in [0.25, 0.3) is 5.91 Å². The second kappa shape index (κ2) is 6.58. The van der Waals surface area contributed by atoms with Gasteiger partial charge in [-0.3, -0.25) is 4.79 Å². The van der Waals surface area contributed by atoms with Gasteiger partial charge in [-0.15, -0.1) is 11.3 Å². The van der Waals surface area contributed by atoms with Crippen LogP contribution in [0.15, 0.2) is 35.8 Å². The summed E-state index contributed by atoms with van der Waals surface area (Å²) >= 11 is 6.46. The van der Waals surface area contributed by atoms with E-state index in [9.17, 15) is 4.79 Å². The topological polar surface area (TPSA) is 68.0 Å². The van der Waals surface area contributed by atoms with Gasteiger partial charge in [0, 0.05) is 22.7 Å². The quantitative estimate of drug-likeness (QED) is 0.833. The van der Waals surface area contributed by atoms with Gasteiger partial charge in [-0.25, -0.2) is 4.98 Å². The molecule has 2 rings (SSSR count). The van der Waals surface area contributed by atoms with E-state index in [0.29, 0.717) is 11.1 Å². The van der Waals surface area contributed by atoms with E-state index >= 15 is 0 Å². The van der Waals surface area contributed by atoms with E-state index in [4.69, 9.17) is 18.0 Å². The predicted octanol–water partition coefficient (Wildman–Crippen LogP) is 2.66. The first-order valence-electron chi connectivity index (χ1n) is 6.22. The van der Waals surface area contributed by atoms with Crippen LogP contribution in [0.25, 0.3) is 0 Å². The van der Waals surface area contributed by atoms with Crippen molar-refractivity contribution in [1.82, 2.24) is 10.3 Å². The van der Waals surface area contributed by atoms with Gasteiger partial charge in [-0.1, -0.05) is 31.3 Å². The van der Waals surface area contributed by atoms with Crippen molar-refractivity contribution in [2.75, 3.05) is 0 Å². The lowest BCUT2D eigenvalue weighted by molar-refractivity contribution is 0.0935. The highest BCUT2D eigenvalue weighted by molar-refractivity contribution is 7.80. The van der Waals surface area contributed by atoms with Crippen LogP contribution in [-0.4, -0.2) is 15.9 Å². The largest absolute Gasteiger partial charge is 0.389 e. The summed E-state index contributed by atoms with van der Waals surface area (Å²) in [6.45, 7) is 2.01.